The van der Waals surface area contributed by atoms with Crippen molar-refractivity contribution in [3.63, 3.8) is 0 Å². The Balaban J connectivity index is 2.53. The third-order valence-electron chi connectivity index (χ3n) is 2.61. The minimum absolute atomic E-state index is 0.0956. The van der Waals surface area contributed by atoms with E-state index in [1.807, 2.05) is 30.3 Å². The van der Waals surface area contributed by atoms with Gasteiger partial charge in [0.25, 0.3) is 0 Å². The van der Waals surface area contributed by atoms with Crippen molar-refractivity contribution in [3.8, 4) is 5.88 Å². The third kappa shape index (κ3) is 1.22. The summed E-state index contributed by atoms with van der Waals surface area (Å²) >= 11 is 0. The van der Waals surface area contributed by atoms with Gasteiger partial charge in [-0.25, -0.2) is 4.98 Å². The predicted molar refractivity (Wildman–Crippen MR) is 60.9 cm³/mol. The highest BCUT2D eigenvalue weighted by atomic mass is 16.3. The summed E-state index contributed by atoms with van der Waals surface area (Å²) in [6, 6.07) is 14.0. The second-order valence-corrected chi connectivity index (χ2v) is 3.56. The number of pyridine rings is 1. The highest BCUT2D eigenvalue weighted by Crippen LogP contribution is 2.26. The van der Waals surface area contributed by atoms with Crippen LogP contribution in [0.2, 0.25) is 0 Å². The van der Waals surface area contributed by atoms with Gasteiger partial charge in [-0.05, 0) is 34.4 Å². The molecule has 0 aliphatic rings. The summed E-state index contributed by atoms with van der Waals surface area (Å²) in [7, 11) is 0. The summed E-state index contributed by atoms with van der Waals surface area (Å²) < 4.78 is 0. The van der Waals surface area contributed by atoms with Crippen LogP contribution in [0.1, 0.15) is 0 Å². The van der Waals surface area contributed by atoms with E-state index in [4.69, 9.17) is 0 Å². The van der Waals surface area contributed by atoms with Crippen molar-refractivity contribution in [1.82, 2.24) is 4.98 Å². The van der Waals surface area contributed by atoms with Gasteiger partial charge < -0.3 is 5.11 Å². The normalized spacial score (nSPS) is 10.9. The van der Waals surface area contributed by atoms with Gasteiger partial charge in [0.15, 0.2) is 0 Å². The molecule has 1 aromatic heterocycles. The Morgan fingerprint density at radius 1 is 0.867 bits per heavy atom. The molecule has 1 N–H and O–H groups in total. The van der Waals surface area contributed by atoms with Crippen molar-refractivity contribution < 1.29 is 5.11 Å². The average Bonchev–Trinajstić information content (AvgIpc) is 2.27. The molecule has 2 aromatic carbocycles. The lowest BCUT2D eigenvalue weighted by atomic mass is 10.1. The molecule has 72 valence electrons. The van der Waals surface area contributed by atoms with Crippen LogP contribution in [0.3, 0.4) is 0 Å². The van der Waals surface area contributed by atoms with Crippen LogP contribution < -0.4 is 0 Å². The molecule has 15 heavy (non-hydrogen) atoms. The van der Waals surface area contributed by atoms with Crippen LogP contribution in [0, 0.1) is 0 Å². The number of nitrogens with zero attached hydrogens (tertiary/aromatic N) is 1. The van der Waals surface area contributed by atoms with Crippen molar-refractivity contribution in [3.05, 3.63) is 48.7 Å². The number of aromatic nitrogens is 1. The van der Waals surface area contributed by atoms with Crippen LogP contribution in [-0.4, -0.2) is 10.1 Å². The second kappa shape index (κ2) is 2.95. The number of benzene rings is 2. The monoisotopic (exact) mass is 195 g/mol. The van der Waals surface area contributed by atoms with E-state index in [-0.39, 0.29) is 5.88 Å². The zero-order valence-corrected chi connectivity index (χ0v) is 8.01. The first-order chi connectivity index (χ1) is 7.34. The van der Waals surface area contributed by atoms with Crippen LogP contribution in [0.4, 0.5) is 0 Å². The lowest BCUT2D eigenvalue weighted by Gasteiger charge is -2.02. The predicted octanol–water partition coefficient (Wildman–Crippen LogP) is 3.09. The first kappa shape index (κ1) is 8.24. The summed E-state index contributed by atoms with van der Waals surface area (Å²) in [6.07, 6.45) is 1.62. The maximum absolute atomic E-state index is 9.62. The molecule has 0 amide bonds. The van der Waals surface area contributed by atoms with Crippen LogP contribution >= 0.6 is 0 Å². The van der Waals surface area contributed by atoms with Crippen molar-refractivity contribution in [2.45, 2.75) is 0 Å². The highest BCUT2D eigenvalue weighted by molar-refractivity contribution is 5.99. The number of hydrogen-bond acceptors (Lipinski definition) is 2. The van der Waals surface area contributed by atoms with Crippen molar-refractivity contribution in [2.75, 3.05) is 0 Å². The smallest absolute Gasteiger partial charge is 0.218 e. The molecule has 0 unspecified atom stereocenters. The maximum atomic E-state index is 9.62. The van der Waals surface area contributed by atoms with E-state index in [9.17, 15) is 5.11 Å². The van der Waals surface area contributed by atoms with E-state index in [2.05, 4.69) is 17.1 Å². The summed E-state index contributed by atoms with van der Waals surface area (Å²) in [5, 5.41) is 13.7. The van der Waals surface area contributed by atoms with Crippen molar-refractivity contribution >= 4 is 21.5 Å². The van der Waals surface area contributed by atoms with Crippen molar-refractivity contribution in [1.29, 1.82) is 0 Å². The second-order valence-electron chi connectivity index (χ2n) is 3.56. The molecule has 2 nitrogen and oxygen atoms in total. The first-order valence-corrected chi connectivity index (χ1v) is 4.81. The molecule has 0 spiro atoms. The molecule has 0 bridgehead atoms. The SMILES string of the molecule is Oc1nccc2cc3ccccc3cc12. The maximum Gasteiger partial charge on any atom is 0.218 e. The molecule has 2 heteroatoms. The van der Waals surface area contributed by atoms with Gasteiger partial charge >= 0.3 is 0 Å². The quantitative estimate of drug-likeness (QED) is 0.559. The van der Waals surface area contributed by atoms with Crippen LogP contribution in [0.5, 0.6) is 5.88 Å². The highest BCUT2D eigenvalue weighted by Gasteiger charge is 2.01. The van der Waals surface area contributed by atoms with E-state index in [0.717, 1.165) is 16.2 Å². The molecular formula is C13H9NO. The summed E-state index contributed by atoms with van der Waals surface area (Å²) in [5.41, 5.74) is 0. The standard InChI is InChI=1S/C13H9NO/c15-13-12-8-10-4-2-1-3-9(10)7-11(12)5-6-14-13/h1-8H,(H,14,15). The fourth-order valence-electron chi connectivity index (χ4n) is 1.85. The number of hydrogen-bond donors (Lipinski definition) is 1. The topological polar surface area (TPSA) is 33.1 Å². The van der Waals surface area contributed by atoms with Crippen LogP contribution in [0.15, 0.2) is 48.7 Å². The summed E-state index contributed by atoms with van der Waals surface area (Å²) in [4.78, 5) is 3.87. The zero-order chi connectivity index (χ0) is 10.3. The Bertz CT molecular complexity index is 646. The van der Waals surface area contributed by atoms with Crippen LogP contribution in [-0.2, 0) is 0 Å². The van der Waals surface area contributed by atoms with E-state index >= 15 is 0 Å². The Morgan fingerprint density at radius 3 is 2.40 bits per heavy atom. The molecule has 0 radical (unpaired) electrons. The molecule has 0 fully saturated rings. The minimum Gasteiger partial charge on any atom is -0.493 e. The fourth-order valence-corrected chi connectivity index (χ4v) is 1.85. The lowest BCUT2D eigenvalue weighted by Crippen LogP contribution is -1.79. The summed E-state index contributed by atoms with van der Waals surface area (Å²) in [6.45, 7) is 0. The van der Waals surface area contributed by atoms with Gasteiger partial charge in [0, 0.05) is 11.6 Å². The Labute approximate surface area is 86.8 Å². The van der Waals surface area contributed by atoms with Gasteiger partial charge in [-0.1, -0.05) is 24.3 Å². The largest absolute Gasteiger partial charge is 0.493 e. The number of aromatic hydroxyl groups is 1. The van der Waals surface area contributed by atoms with E-state index < -0.39 is 0 Å². The van der Waals surface area contributed by atoms with Gasteiger partial charge in [0.2, 0.25) is 5.88 Å². The molecule has 3 aromatic rings. The molecule has 0 aliphatic carbocycles. The average molecular weight is 195 g/mol. The van der Waals surface area contributed by atoms with E-state index in [0.29, 0.717) is 0 Å². The third-order valence-corrected chi connectivity index (χ3v) is 2.61. The molecule has 0 aliphatic heterocycles. The lowest BCUT2D eigenvalue weighted by molar-refractivity contribution is 0.460. The van der Waals surface area contributed by atoms with Crippen molar-refractivity contribution in [2.24, 2.45) is 0 Å². The van der Waals surface area contributed by atoms with Gasteiger partial charge in [0.1, 0.15) is 0 Å². The van der Waals surface area contributed by atoms with Gasteiger partial charge in [0.05, 0.1) is 0 Å². The molecule has 0 saturated carbocycles. The Hall–Kier alpha value is -2.09. The van der Waals surface area contributed by atoms with Gasteiger partial charge in [-0.15, -0.1) is 0 Å². The molecule has 0 saturated heterocycles. The number of fused-ring (bicyclic) bond motifs is 2. The van der Waals surface area contributed by atoms with Crippen LogP contribution in [0.25, 0.3) is 21.5 Å². The minimum atomic E-state index is 0.0956. The fraction of sp³-hybridized carbons (Fsp3) is 0. The molecule has 3 rings (SSSR count). The summed E-state index contributed by atoms with van der Waals surface area (Å²) in [5.74, 6) is 0.0956. The van der Waals surface area contributed by atoms with Gasteiger partial charge in [-0.2, -0.15) is 0 Å². The van der Waals surface area contributed by atoms with E-state index in [1.54, 1.807) is 6.20 Å². The van der Waals surface area contributed by atoms with E-state index in [1.165, 1.54) is 5.39 Å². The molecule has 0 atom stereocenters. The Kier molecular flexibility index (Phi) is 1.62. The zero-order valence-electron chi connectivity index (χ0n) is 8.01. The Morgan fingerprint density at radius 2 is 1.60 bits per heavy atom. The first-order valence-electron chi connectivity index (χ1n) is 4.81. The van der Waals surface area contributed by atoms with Gasteiger partial charge in [-0.3, -0.25) is 0 Å². The number of rotatable bonds is 0. The molecular weight excluding hydrogens is 186 g/mol. The molecule has 1 heterocycles.